The van der Waals surface area contributed by atoms with E-state index in [9.17, 15) is 9.59 Å². The van der Waals surface area contributed by atoms with E-state index in [0.29, 0.717) is 12.8 Å². The van der Waals surface area contributed by atoms with Crippen LogP contribution in [0.5, 0.6) is 0 Å². The van der Waals surface area contributed by atoms with E-state index in [1.165, 1.54) is 0 Å². The summed E-state index contributed by atoms with van der Waals surface area (Å²) in [6.07, 6.45) is 2.21. The molecule has 0 radical (unpaired) electrons. The van der Waals surface area contributed by atoms with Gasteiger partial charge in [0.05, 0.1) is 0 Å². The van der Waals surface area contributed by atoms with Crippen molar-refractivity contribution in [3.63, 3.8) is 0 Å². The predicted octanol–water partition coefficient (Wildman–Crippen LogP) is 2.36. The van der Waals surface area contributed by atoms with Crippen LogP contribution >= 0.6 is 0 Å². The van der Waals surface area contributed by atoms with Crippen LogP contribution in [0.1, 0.15) is 30.9 Å². The fourth-order valence-corrected chi connectivity index (χ4v) is 3.51. The van der Waals surface area contributed by atoms with Crippen molar-refractivity contribution in [3.8, 4) is 0 Å². The number of rotatable bonds is 4. The maximum absolute atomic E-state index is 12.5. The largest absolute Gasteiger partial charge is 0.325 e. The highest BCUT2D eigenvalue weighted by molar-refractivity contribution is 5.97. The standard InChI is InChI=1S/C20H22N4O2/c25-19-7-4-12-24(19)16-10-8-15(9-11-16)21-20(26)18-13-17(22-23-18)14-5-2-1-3-6-14/h1-3,5-6,8-11,17-18,22-23H,4,7,12-13H2,(H,21,26). The summed E-state index contributed by atoms with van der Waals surface area (Å²) in [4.78, 5) is 26.1. The number of carbonyl (C=O) groups is 2. The van der Waals surface area contributed by atoms with Gasteiger partial charge in [0.1, 0.15) is 6.04 Å². The molecule has 0 spiro atoms. The molecular formula is C20H22N4O2. The van der Waals surface area contributed by atoms with Gasteiger partial charge in [0.15, 0.2) is 0 Å². The molecule has 0 saturated carbocycles. The van der Waals surface area contributed by atoms with Crippen LogP contribution in [-0.4, -0.2) is 24.4 Å². The summed E-state index contributed by atoms with van der Waals surface area (Å²) in [5, 5.41) is 2.94. The lowest BCUT2D eigenvalue weighted by molar-refractivity contribution is -0.118. The molecule has 6 heteroatoms. The summed E-state index contributed by atoms with van der Waals surface area (Å²) in [5.74, 6) is 0.0934. The highest BCUT2D eigenvalue weighted by Crippen LogP contribution is 2.25. The monoisotopic (exact) mass is 350 g/mol. The number of hydrazine groups is 1. The molecule has 4 rings (SSSR count). The Bertz CT molecular complexity index is 791. The SMILES string of the molecule is O=C(Nc1ccc(N2CCCC2=O)cc1)C1CC(c2ccccc2)NN1. The Morgan fingerprint density at radius 3 is 2.50 bits per heavy atom. The second-order valence-corrected chi connectivity index (χ2v) is 6.73. The Kier molecular flexibility index (Phi) is 4.69. The topological polar surface area (TPSA) is 73.5 Å². The van der Waals surface area contributed by atoms with Crippen molar-refractivity contribution >= 4 is 23.2 Å². The maximum Gasteiger partial charge on any atom is 0.242 e. The molecule has 2 aromatic rings. The third-order valence-corrected chi connectivity index (χ3v) is 4.94. The summed E-state index contributed by atoms with van der Waals surface area (Å²) >= 11 is 0. The zero-order valence-electron chi connectivity index (χ0n) is 14.4. The molecule has 2 aliphatic heterocycles. The van der Waals surface area contributed by atoms with E-state index in [2.05, 4.69) is 28.3 Å². The summed E-state index contributed by atoms with van der Waals surface area (Å²) < 4.78 is 0. The number of anilines is 2. The minimum absolute atomic E-state index is 0.0686. The third-order valence-electron chi connectivity index (χ3n) is 4.94. The van der Waals surface area contributed by atoms with Crippen LogP contribution in [0.3, 0.4) is 0 Å². The van der Waals surface area contributed by atoms with Crippen LogP contribution in [0.25, 0.3) is 0 Å². The molecule has 2 unspecified atom stereocenters. The number of carbonyl (C=O) groups excluding carboxylic acids is 2. The van der Waals surface area contributed by atoms with Crippen LogP contribution in [0, 0.1) is 0 Å². The van der Waals surface area contributed by atoms with Gasteiger partial charge in [-0.05, 0) is 42.7 Å². The average Bonchev–Trinajstić information content (AvgIpc) is 3.32. The van der Waals surface area contributed by atoms with Crippen molar-refractivity contribution in [2.75, 3.05) is 16.8 Å². The number of hydrogen-bond donors (Lipinski definition) is 3. The van der Waals surface area contributed by atoms with Crippen molar-refractivity contribution < 1.29 is 9.59 Å². The lowest BCUT2D eigenvalue weighted by Gasteiger charge is -2.16. The minimum atomic E-state index is -0.292. The predicted molar refractivity (Wildman–Crippen MR) is 101 cm³/mol. The van der Waals surface area contributed by atoms with Crippen molar-refractivity contribution in [3.05, 3.63) is 60.2 Å². The third kappa shape index (κ3) is 3.47. The highest BCUT2D eigenvalue weighted by Gasteiger charge is 2.30. The molecule has 2 aliphatic rings. The molecule has 134 valence electrons. The summed E-state index contributed by atoms with van der Waals surface area (Å²) in [5.41, 5.74) is 9.04. The smallest absolute Gasteiger partial charge is 0.242 e. The van der Waals surface area contributed by atoms with Crippen LogP contribution in [0.4, 0.5) is 11.4 Å². The number of nitrogens with one attached hydrogen (secondary N) is 3. The van der Waals surface area contributed by atoms with E-state index in [1.54, 1.807) is 4.90 Å². The first-order valence-electron chi connectivity index (χ1n) is 8.98. The van der Waals surface area contributed by atoms with Gasteiger partial charge in [-0.1, -0.05) is 30.3 Å². The molecule has 2 fully saturated rings. The van der Waals surface area contributed by atoms with Crippen molar-refractivity contribution in [1.29, 1.82) is 0 Å². The van der Waals surface area contributed by atoms with Gasteiger partial charge in [-0.2, -0.15) is 0 Å². The van der Waals surface area contributed by atoms with E-state index in [1.807, 2.05) is 42.5 Å². The van der Waals surface area contributed by atoms with Crippen LogP contribution in [-0.2, 0) is 9.59 Å². The molecule has 3 N–H and O–H groups in total. The molecule has 0 aliphatic carbocycles. The normalized spacial score (nSPS) is 22.6. The summed E-state index contributed by atoms with van der Waals surface area (Å²) in [7, 11) is 0. The first kappa shape index (κ1) is 16.8. The Hall–Kier alpha value is -2.70. The number of benzene rings is 2. The molecule has 2 saturated heterocycles. The number of amides is 2. The van der Waals surface area contributed by atoms with Crippen LogP contribution in [0.15, 0.2) is 54.6 Å². The average molecular weight is 350 g/mol. The van der Waals surface area contributed by atoms with E-state index >= 15 is 0 Å². The fourth-order valence-electron chi connectivity index (χ4n) is 3.51. The van der Waals surface area contributed by atoms with Gasteiger partial charge in [0, 0.05) is 30.4 Å². The zero-order valence-corrected chi connectivity index (χ0v) is 14.4. The molecular weight excluding hydrogens is 328 g/mol. The lowest BCUT2D eigenvalue weighted by atomic mass is 10.0. The Morgan fingerprint density at radius 1 is 1.04 bits per heavy atom. The number of nitrogens with zero attached hydrogens (tertiary/aromatic N) is 1. The van der Waals surface area contributed by atoms with E-state index < -0.39 is 0 Å². The fraction of sp³-hybridized carbons (Fsp3) is 0.300. The molecule has 2 aromatic carbocycles. The maximum atomic E-state index is 12.5. The molecule has 6 nitrogen and oxygen atoms in total. The molecule has 0 aromatic heterocycles. The van der Waals surface area contributed by atoms with Gasteiger partial charge in [0.2, 0.25) is 11.8 Å². The van der Waals surface area contributed by atoms with Gasteiger partial charge < -0.3 is 10.2 Å². The van der Waals surface area contributed by atoms with Gasteiger partial charge >= 0.3 is 0 Å². The first-order chi connectivity index (χ1) is 12.7. The summed E-state index contributed by atoms with van der Waals surface area (Å²) in [6, 6.07) is 17.4. The van der Waals surface area contributed by atoms with Crippen LogP contribution in [0.2, 0.25) is 0 Å². The Morgan fingerprint density at radius 2 is 1.81 bits per heavy atom. The van der Waals surface area contributed by atoms with Gasteiger partial charge in [-0.15, -0.1) is 0 Å². The quantitative estimate of drug-likeness (QED) is 0.791. The van der Waals surface area contributed by atoms with Crippen LogP contribution < -0.4 is 21.1 Å². The van der Waals surface area contributed by atoms with Crippen molar-refractivity contribution in [1.82, 2.24) is 10.9 Å². The van der Waals surface area contributed by atoms with E-state index in [-0.39, 0.29) is 23.9 Å². The molecule has 2 amide bonds. The van der Waals surface area contributed by atoms with Gasteiger partial charge in [-0.25, -0.2) is 10.9 Å². The molecule has 0 bridgehead atoms. The molecule has 26 heavy (non-hydrogen) atoms. The molecule has 2 heterocycles. The molecule has 2 atom stereocenters. The summed E-state index contributed by atoms with van der Waals surface area (Å²) in [6.45, 7) is 0.767. The zero-order chi connectivity index (χ0) is 17.9. The van der Waals surface area contributed by atoms with Gasteiger partial charge in [0.25, 0.3) is 0 Å². The van der Waals surface area contributed by atoms with Crippen molar-refractivity contribution in [2.24, 2.45) is 0 Å². The second-order valence-electron chi connectivity index (χ2n) is 6.73. The minimum Gasteiger partial charge on any atom is -0.325 e. The Balaban J connectivity index is 1.35. The highest BCUT2D eigenvalue weighted by atomic mass is 16.2. The Labute approximate surface area is 152 Å². The second kappa shape index (κ2) is 7.27. The van der Waals surface area contributed by atoms with Gasteiger partial charge in [-0.3, -0.25) is 9.59 Å². The van der Waals surface area contributed by atoms with E-state index in [0.717, 1.165) is 29.9 Å². The lowest BCUT2D eigenvalue weighted by Crippen LogP contribution is -2.39. The van der Waals surface area contributed by atoms with E-state index in [4.69, 9.17) is 0 Å². The first-order valence-corrected chi connectivity index (χ1v) is 8.98. The number of hydrogen-bond acceptors (Lipinski definition) is 4. The van der Waals surface area contributed by atoms with Crippen molar-refractivity contribution in [2.45, 2.75) is 31.3 Å².